The van der Waals surface area contributed by atoms with Crippen molar-refractivity contribution in [2.24, 2.45) is 0 Å². The molecule has 0 spiro atoms. The number of nitrogens with one attached hydrogen (secondary N) is 4. The van der Waals surface area contributed by atoms with Gasteiger partial charge in [-0.05, 0) is 63.0 Å². The summed E-state index contributed by atoms with van der Waals surface area (Å²) in [4.78, 5) is 93.6. The van der Waals surface area contributed by atoms with Gasteiger partial charge in [0.1, 0.15) is 76.7 Å². The van der Waals surface area contributed by atoms with E-state index in [4.69, 9.17) is 38.3 Å². The Morgan fingerprint density at radius 2 is 0.729 bits per heavy atom. The molecule has 22 nitrogen and oxygen atoms in total. The van der Waals surface area contributed by atoms with Crippen LogP contribution in [0.2, 0.25) is 0 Å². The highest BCUT2D eigenvalue weighted by atomic mass is 16.5. The number of carbonyl (C=O) groups excluding carboxylic acids is 7. The van der Waals surface area contributed by atoms with Crippen LogP contribution in [-0.4, -0.2) is 209 Å². The second-order valence-corrected chi connectivity index (χ2v) is 30.2. The molecule has 22 heteroatoms. The first-order valence-corrected chi connectivity index (χ1v) is 33.7. The summed E-state index contributed by atoms with van der Waals surface area (Å²) in [6, 6.07) is 13.3. The van der Waals surface area contributed by atoms with Gasteiger partial charge in [0.15, 0.2) is 0 Å². The van der Waals surface area contributed by atoms with E-state index < -0.39 is 50.7 Å². The largest absolute Gasteiger partial charge is 0.491 e. The summed E-state index contributed by atoms with van der Waals surface area (Å²) < 4.78 is 43.5. The van der Waals surface area contributed by atoms with Gasteiger partial charge in [-0.1, -0.05) is 153 Å². The van der Waals surface area contributed by atoms with E-state index in [1.165, 1.54) is 14.7 Å². The smallest absolute Gasteiger partial charge is 0.248 e. The number of ether oxygens (including phenoxy) is 7. The standard InChI is InChI=1S/C74H119N7O15/c1-70(2,3)51-40-54(68(57(42-51)73(10,11)12)95-35-30-77-61(85)45-92-48-64(88)80(18)19)66(55-41-52(71(4,5)6)43-58(74(13,14)15)69(55)96-36-31-78-62(86)46-93-49-65(89)81(20)21)53-38-50(26-24-22-23-25-28-75-59(83)27-33-90-37-32-82)39-56(72(7,8)9)67(53)94-34-29-76-60(84)44-91-47-63(87)79(16)17/h38-43,66,82H,22-37,44-49H2,1-21H3,(H,75,83)(H,76,84)(H,77,85)(H,78,86). The number of carbonyl (C=O) groups is 7. The molecule has 3 rings (SSSR count). The minimum Gasteiger partial charge on any atom is -0.491 e. The van der Waals surface area contributed by atoms with Crippen LogP contribution >= 0.6 is 0 Å². The lowest BCUT2D eigenvalue weighted by atomic mass is 9.71. The van der Waals surface area contributed by atoms with Crippen molar-refractivity contribution >= 4 is 41.4 Å². The van der Waals surface area contributed by atoms with Crippen LogP contribution in [0, 0.1) is 0 Å². The Labute approximate surface area is 573 Å². The van der Waals surface area contributed by atoms with E-state index in [0.717, 1.165) is 75.8 Å². The van der Waals surface area contributed by atoms with Gasteiger partial charge in [-0.3, -0.25) is 33.6 Å². The van der Waals surface area contributed by atoms with E-state index in [1.807, 2.05) is 0 Å². The highest BCUT2D eigenvalue weighted by Gasteiger charge is 2.38. The van der Waals surface area contributed by atoms with E-state index in [2.05, 4.69) is 162 Å². The van der Waals surface area contributed by atoms with Crippen molar-refractivity contribution in [3.8, 4) is 17.2 Å². The zero-order chi connectivity index (χ0) is 72.4. The molecule has 540 valence electrons. The van der Waals surface area contributed by atoms with E-state index >= 15 is 0 Å². The van der Waals surface area contributed by atoms with Crippen molar-refractivity contribution in [1.82, 2.24) is 36.0 Å². The van der Waals surface area contributed by atoms with Gasteiger partial charge >= 0.3 is 0 Å². The Morgan fingerprint density at radius 3 is 1.07 bits per heavy atom. The lowest BCUT2D eigenvalue weighted by Crippen LogP contribution is -2.34. The molecular formula is C74H119N7O15. The predicted octanol–water partition coefficient (Wildman–Crippen LogP) is 7.77. The number of unbranched alkanes of at least 4 members (excludes halogenated alkanes) is 3. The lowest BCUT2D eigenvalue weighted by Gasteiger charge is -2.36. The van der Waals surface area contributed by atoms with E-state index in [0.29, 0.717) is 30.2 Å². The summed E-state index contributed by atoms with van der Waals surface area (Å²) >= 11 is 0. The average Bonchev–Trinajstić information content (AvgIpc) is 0.735. The second kappa shape index (κ2) is 38.9. The number of aryl methyl sites for hydroxylation is 1. The molecule has 0 unspecified atom stereocenters. The molecule has 0 bridgehead atoms. The molecular weight excluding hydrogens is 1230 g/mol. The monoisotopic (exact) mass is 1350 g/mol. The van der Waals surface area contributed by atoms with E-state index in [9.17, 15) is 33.6 Å². The Balaban J connectivity index is 2.59. The predicted molar refractivity (Wildman–Crippen MR) is 376 cm³/mol. The third-order valence-corrected chi connectivity index (χ3v) is 15.8. The summed E-state index contributed by atoms with van der Waals surface area (Å²) in [5.74, 6) is -1.17. The fourth-order valence-electron chi connectivity index (χ4n) is 10.0. The van der Waals surface area contributed by atoms with Gasteiger partial charge in [0, 0.05) is 94.6 Å². The summed E-state index contributed by atoms with van der Waals surface area (Å²) in [7, 11) is 9.71. The molecule has 3 aromatic carbocycles. The summed E-state index contributed by atoms with van der Waals surface area (Å²) in [5, 5.41) is 20.8. The van der Waals surface area contributed by atoms with Crippen LogP contribution in [0.4, 0.5) is 0 Å². The Bertz CT molecular complexity index is 2890. The van der Waals surface area contributed by atoms with Crippen molar-refractivity contribution in [1.29, 1.82) is 0 Å². The Kier molecular flexibility index (Phi) is 33.8. The van der Waals surface area contributed by atoms with Crippen molar-refractivity contribution in [3.63, 3.8) is 0 Å². The van der Waals surface area contributed by atoms with Crippen molar-refractivity contribution in [2.75, 3.05) is 148 Å². The van der Waals surface area contributed by atoms with Crippen LogP contribution in [-0.2, 0) is 86.0 Å². The number of nitrogens with zero attached hydrogens (tertiary/aromatic N) is 3. The normalized spacial score (nSPS) is 12.1. The molecule has 0 saturated carbocycles. The third-order valence-electron chi connectivity index (χ3n) is 15.8. The fourth-order valence-corrected chi connectivity index (χ4v) is 10.0. The quantitative estimate of drug-likeness (QED) is 0.0270. The molecule has 5 N–H and O–H groups in total. The number of amides is 7. The van der Waals surface area contributed by atoms with Crippen LogP contribution in [0.3, 0.4) is 0 Å². The molecule has 0 saturated heterocycles. The number of aliphatic hydroxyl groups excluding tert-OH is 1. The van der Waals surface area contributed by atoms with Gasteiger partial charge in [0.05, 0.1) is 39.5 Å². The van der Waals surface area contributed by atoms with Gasteiger partial charge in [-0.25, -0.2) is 0 Å². The molecule has 0 fully saturated rings. The molecule has 0 aliphatic rings. The van der Waals surface area contributed by atoms with Crippen molar-refractivity contribution in [2.45, 2.75) is 175 Å². The zero-order valence-electron chi connectivity index (χ0n) is 62.1. The molecule has 0 aliphatic heterocycles. The molecule has 7 amide bonds. The third kappa shape index (κ3) is 28.7. The number of hydrogen-bond donors (Lipinski definition) is 5. The first-order chi connectivity index (χ1) is 44.7. The Hall–Kier alpha value is -6.85. The van der Waals surface area contributed by atoms with Gasteiger partial charge < -0.3 is 74.2 Å². The minimum atomic E-state index is -0.762. The maximum Gasteiger partial charge on any atom is 0.248 e. The van der Waals surface area contributed by atoms with Crippen LogP contribution in [0.5, 0.6) is 17.2 Å². The van der Waals surface area contributed by atoms with Crippen molar-refractivity contribution in [3.05, 3.63) is 86.5 Å². The highest BCUT2D eigenvalue weighted by molar-refractivity contribution is 5.81. The number of rotatable bonds is 39. The number of hydrogen-bond acceptors (Lipinski definition) is 15. The topological polar surface area (TPSA) is 262 Å². The molecule has 3 aromatic rings. The molecule has 0 radical (unpaired) electrons. The van der Waals surface area contributed by atoms with Crippen LogP contribution in [0.15, 0.2) is 36.4 Å². The van der Waals surface area contributed by atoms with Crippen LogP contribution in [0.1, 0.15) is 192 Å². The summed E-state index contributed by atoms with van der Waals surface area (Å²) in [5.41, 5.74) is 5.76. The Morgan fingerprint density at radius 1 is 0.385 bits per heavy atom. The number of aliphatic hydroxyl groups is 1. The summed E-state index contributed by atoms with van der Waals surface area (Å²) in [6.07, 6.45) is 4.24. The molecule has 0 aliphatic carbocycles. The SMILES string of the molecule is CN(C)C(=O)COCC(=O)NCCOc1c(C(c2cc(C(C)(C)C)cc(C(C)(C)C)c2OCCNC(=O)COCC(=O)N(C)C)c2cc(C(C)(C)C)cc(C(C)(C)C)c2OCCNC(=O)COCC(=O)N(C)C)cc(CCCCCCNC(=O)CCOCCO)cc1C(C)(C)C. The number of benzene rings is 3. The van der Waals surface area contributed by atoms with Crippen LogP contribution in [0.25, 0.3) is 0 Å². The maximum absolute atomic E-state index is 13.3. The number of likely N-dealkylation sites (N-methyl/N-ethyl adjacent to an activating group) is 3. The van der Waals surface area contributed by atoms with Gasteiger partial charge in [-0.15, -0.1) is 0 Å². The first-order valence-electron chi connectivity index (χ1n) is 33.7. The lowest BCUT2D eigenvalue weighted by molar-refractivity contribution is -0.137. The minimum absolute atomic E-state index is 0.0351. The van der Waals surface area contributed by atoms with Crippen molar-refractivity contribution < 1.29 is 71.8 Å². The highest BCUT2D eigenvalue weighted by Crippen LogP contribution is 2.53. The molecule has 0 heterocycles. The molecule has 96 heavy (non-hydrogen) atoms. The maximum atomic E-state index is 13.3. The second-order valence-electron chi connectivity index (χ2n) is 30.2. The van der Waals surface area contributed by atoms with Gasteiger partial charge in [-0.2, -0.15) is 0 Å². The van der Waals surface area contributed by atoms with Crippen LogP contribution < -0.4 is 35.5 Å². The fraction of sp³-hybridized carbons (Fsp3) is 0.662. The molecule has 0 atom stereocenters. The molecule has 0 aromatic heterocycles. The van der Waals surface area contributed by atoms with Gasteiger partial charge in [0.25, 0.3) is 0 Å². The average molecular weight is 1350 g/mol. The zero-order valence-corrected chi connectivity index (χ0v) is 62.1. The van der Waals surface area contributed by atoms with E-state index in [-0.39, 0.29) is 129 Å². The van der Waals surface area contributed by atoms with Gasteiger partial charge in [0.2, 0.25) is 41.4 Å². The van der Waals surface area contributed by atoms with E-state index in [1.54, 1.807) is 42.3 Å². The summed E-state index contributed by atoms with van der Waals surface area (Å²) in [6.45, 7) is 31.9. The first kappa shape index (κ1) is 83.4.